The first-order chi connectivity index (χ1) is 23.3. The zero-order valence-electron chi connectivity index (χ0n) is 27.9. The summed E-state index contributed by atoms with van der Waals surface area (Å²) >= 11 is 0. The predicted molar refractivity (Wildman–Crippen MR) is 182 cm³/mol. The molecule has 1 heterocycles. The number of rotatable bonds is 16. The summed E-state index contributed by atoms with van der Waals surface area (Å²) in [4.78, 5) is 37.3. The van der Waals surface area contributed by atoms with E-state index in [0.717, 1.165) is 33.1 Å². The van der Waals surface area contributed by atoms with Gasteiger partial charge in [0.15, 0.2) is 0 Å². The topological polar surface area (TPSA) is 180 Å². The normalized spacial score (nSPS) is 16.6. The van der Waals surface area contributed by atoms with Crippen molar-refractivity contribution in [2.75, 3.05) is 26.3 Å². The summed E-state index contributed by atoms with van der Waals surface area (Å²) in [7, 11) is -4.27. The van der Waals surface area contributed by atoms with Gasteiger partial charge in [-0.2, -0.15) is 4.31 Å². The summed E-state index contributed by atoms with van der Waals surface area (Å²) in [6.45, 7) is 5.97. The number of alkyl carbamates (subject to hydrolysis) is 1. The quantitative estimate of drug-likeness (QED) is 0.125. The van der Waals surface area contributed by atoms with Gasteiger partial charge in [-0.15, -0.1) is 0 Å². The number of ether oxygens (including phenoxy) is 3. The lowest BCUT2D eigenvalue weighted by Gasteiger charge is -2.33. The number of aryl methyl sites for hydroxylation is 1. The molecule has 1 aliphatic rings. The Morgan fingerprint density at radius 3 is 2.24 bits per heavy atom. The second-order valence-corrected chi connectivity index (χ2v) is 14.5. The highest BCUT2D eigenvalue weighted by Gasteiger charge is 2.36. The maximum Gasteiger partial charge on any atom is 0.407 e. The van der Waals surface area contributed by atoms with Gasteiger partial charge in [-0.1, -0.05) is 74.0 Å². The van der Waals surface area contributed by atoms with Crippen molar-refractivity contribution in [3.05, 3.63) is 106 Å². The van der Waals surface area contributed by atoms with E-state index in [9.17, 15) is 28.1 Å². The first-order valence-electron chi connectivity index (χ1n) is 16.2. The zero-order valence-corrected chi connectivity index (χ0v) is 28.7. The van der Waals surface area contributed by atoms with Crippen LogP contribution in [-0.4, -0.2) is 80.3 Å². The Balaban J connectivity index is 1.69. The van der Waals surface area contributed by atoms with E-state index in [2.05, 4.69) is 5.32 Å². The van der Waals surface area contributed by atoms with Crippen molar-refractivity contribution in [1.82, 2.24) is 9.62 Å². The van der Waals surface area contributed by atoms with Crippen molar-refractivity contribution in [3.8, 4) is 0 Å². The molecular formula is C35H44N4O9S. The molecule has 4 atom stereocenters. The molecule has 3 aromatic rings. The molecule has 0 saturated carbocycles. The second-order valence-electron chi connectivity index (χ2n) is 12.6. The Kier molecular flexibility index (Phi) is 13.2. The molecular weight excluding hydrogens is 652 g/mol. The van der Waals surface area contributed by atoms with Crippen LogP contribution >= 0.6 is 0 Å². The van der Waals surface area contributed by atoms with Crippen LogP contribution in [0.4, 0.5) is 10.5 Å². The Labute approximate surface area is 286 Å². The van der Waals surface area contributed by atoms with Crippen LogP contribution in [0.3, 0.4) is 0 Å². The van der Waals surface area contributed by atoms with Gasteiger partial charge in [0.25, 0.3) is 5.69 Å². The van der Waals surface area contributed by atoms with E-state index in [1.807, 2.05) is 75.4 Å². The second kappa shape index (κ2) is 17.3. The molecule has 0 aromatic heterocycles. The first kappa shape index (κ1) is 37.4. The van der Waals surface area contributed by atoms with Crippen LogP contribution in [0, 0.1) is 23.0 Å². The standard InChI is InChI=1S/C35H44N4O9S/c1-24(2)21-38(49(44,45)30-15-13-28(14-16-30)39(42)43)22-33(48-34(40)31(36)19-27-11-9-25(3)10-12-27)32(20-26-7-5-4-6-8-26)37-35(41)47-29-17-18-46-23-29/h4-16,24,29,31-33H,17-23,36H2,1-3H3,(H,37,41)/t29-,31-,32-,33+/m0/s1. The lowest BCUT2D eigenvalue weighted by Crippen LogP contribution is -2.54. The average molecular weight is 697 g/mol. The molecule has 49 heavy (non-hydrogen) atoms. The fourth-order valence-electron chi connectivity index (χ4n) is 5.40. The van der Waals surface area contributed by atoms with Gasteiger partial charge in [0.2, 0.25) is 10.0 Å². The van der Waals surface area contributed by atoms with E-state index in [1.54, 1.807) is 0 Å². The third kappa shape index (κ3) is 11.1. The number of sulfonamides is 1. The molecule has 264 valence electrons. The monoisotopic (exact) mass is 696 g/mol. The highest BCUT2D eigenvalue weighted by Crippen LogP contribution is 2.23. The molecule has 4 rings (SSSR count). The number of benzene rings is 3. The number of hydrogen-bond acceptors (Lipinski definition) is 10. The zero-order chi connectivity index (χ0) is 35.6. The summed E-state index contributed by atoms with van der Waals surface area (Å²) in [6, 6.07) is 19.2. The number of carbonyl (C=O) groups is 2. The van der Waals surface area contributed by atoms with Gasteiger partial charge in [0.1, 0.15) is 18.2 Å². The van der Waals surface area contributed by atoms with Crippen molar-refractivity contribution in [2.45, 2.75) is 69.2 Å². The van der Waals surface area contributed by atoms with Gasteiger partial charge in [-0.3, -0.25) is 14.9 Å². The lowest BCUT2D eigenvalue weighted by molar-refractivity contribution is -0.384. The van der Waals surface area contributed by atoms with E-state index >= 15 is 0 Å². The number of hydrogen-bond donors (Lipinski definition) is 2. The van der Waals surface area contributed by atoms with E-state index in [4.69, 9.17) is 19.9 Å². The average Bonchev–Trinajstić information content (AvgIpc) is 3.58. The minimum absolute atomic E-state index is 0.0186. The van der Waals surface area contributed by atoms with Crippen LogP contribution in [0.1, 0.15) is 37.0 Å². The molecule has 0 spiro atoms. The van der Waals surface area contributed by atoms with Gasteiger partial charge in [0.05, 0.1) is 35.6 Å². The fraction of sp³-hybridized carbons (Fsp3) is 0.429. The van der Waals surface area contributed by atoms with Gasteiger partial charge in [-0.25, -0.2) is 13.2 Å². The lowest BCUT2D eigenvalue weighted by atomic mass is 10.0. The third-order valence-electron chi connectivity index (χ3n) is 8.00. The van der Waals surface area contributed by atoms with Crippen LogP contribution in [0.5, 0.6) is 0 Å². The number of non-ortho nitro benzene ring substituents is 1. The third-order valence-corrected chi connectivity index (χ3v) is 9.84. The molecule has 1 saturated heterocycles. The summed E-state index contributed by atoms with van der Waals surface area (Å²) in [5.41, 5.74) is 8.73. The summed E-state index contributed by atoms with van der Waals surface area (Å²) < 4.78 is 46.3. The molecule has 3 N–H and O–H groups in total. The van der Waals surface area contributed by atoms with Crippen molar-refractivity contribution >= 4 is 27.8 Å². The fourth-order valence-corrected chi connectivity index (χ4v) is 7.01. The molecule has 0 aliphatic carbocycles. The maximum atomic E-state index is 14.1. The van der Waals surface area contributed by atoms with Gasteiger partial charge < -0.3 is 25.3 Å². The maximum absolute atomic E-state index is 14.1. The SMILES string of the molecule is Cc1ccc(C[C@H](N)C(=O)O[C@H](CN(CC(C)C)S(=O)(=O)c2ccc([N+](=O)[O-])cc2)[C@H](Cc2ccccc2)NC(=O)O[C@H]2CCOC2)cc1. The molecule has 0 unspecified atom stereocenters. The summed E-state index contributed by atoms with van der Waals surface area (Å²) in [5, 5.41) is 14.1. The number of nitrogens with two attached hydrogens (primary N) is 1. The molecule has 3 aromatic carbocycles. The van der Waals surface area contributed by atoms with E-state index in [0.29, 0.717) is 13.0 Å². The Morgan fingerprint density at radius 2 is 1.65 bits per heavy atom. The number of amides is 1. The Bertz CT molecular complexity index is 1650. The van der Waals surface area contributed by atoms with E-state index in [-0.39, 0.29) is 49.0 Å². The number of nitrogens with one attached hydrogen (secondary N) is 1. The molecule has 0 bridgehead atoms. The van der Waals surface area contributed by atoms with Crippen LogP contribution < -0.4 is 11.1 Å². The van der Waals surface area contributed by atoms with Crippen LogP contribution in [0.2, 0.25) is 0 Å². The van der Waals surface area contributed by atoms with Crippen molar-refractivity contribution in [1.29, 1.82) is 0 Å². The minimum Gasteiger partial charge on any atom is -0.458 e. The highest BCUT2D eigenvalue weighted by molar-refractivity contribution is 7.89. The summed E-state index contributed by atoms with van der Waals surface area (Å²) in [6.07, 6.45) is -1.59. The Morgan fingerprint density at radius 1 is 1.00 bits per heavy atom. The molecule has 1 fully saturated rings. The number of nitro groups is 1. The highest BCUT2D eigenvalue weighted by atomic mass is 32.2. The van der Waals surface area contributed by atoms with E-state index < -0.39 is 51.3 Å². The largest absolute Gasteiger partial charge is 0.458 e. The van der Waals surface area contributed by atoms with E-state index in [1.165, 1.54) is 12.1 Å². The smallest absolute Gasteiger partial charge is 0.407 e. The van der Waals surface area contributed by atoms with Crippen LogP contribution in [0.15, 0.2) is 83.8 Å². The van der Waals surface area contributed by atoms with Crippen LogP contribution in [0.25, 0.3) is 0 Å². The van der Waals surface area contributed by atoms with Gasteiger partial charge in [0, 0.05) is 25.1 Å². The molecule has 1 aliphatic heterocycles. The van der Waals surface area contributed by atoms with Crippen molar-refractivity contribution in [3.63, 3.8) is 0 Å². The molecule has 0 radical (unpaired) electrons. The number of carbonyl (C=O) groups excluding carboxylic acids is 2. The van der Waals surface area contributed by atoms with Gasteiger partial charge >= 0.3 is 12.1 Å². The number of esters is 1. The van der Waals surface area contributed by atoms with Gasteiger partial charge in [-0.05, 0) is 48.9 Å². The number of nitro benzene ring substituents is 1. The first-order valence-corrected chi connectivity index (χ1v) is 17.6. The molecule has 13 nitrogen and oxygen atoms in total. The van der Waals surface area contributed by atoms with Crippen LogP contribution in [-0.2, 0) is 41.9 Å². The Hall–Kier alpha value is -4.37. The van der Waals surface area contributed by atoms with Crippen molar-refractivity contribution in [2.24, 2.45) is 11.7 Å². The number of nitrogens with zero attached hydrogens (tertiary/aromatic N) is 2. The summed E-state index contributed by atoms with van der Waals surface area (Å²) in [5.74, 6) is -0.943. The molecule has 1 amide bonds. The predicted octanol–water partition coefficient (Wildman–Crippen LogP) is 4.16. The van der Waals surface area contributed by atoms with Crippen molar-refractivity contribution < 1.29 is 37.1 Å². The molecule has 14 heteroatoms. The minimum atomic E-state index is -4.27.